The van der Waals surface area contributed by atoms with Crippen LogP contribution in [0.3, 0.4) is 0 Å². The summed E-state index contributed by atoms with van der Waals surface area (Å²) in [5.74, 6) is 0.828. The fourth-order valence-corrected chi connectivity index (χ4v) is 2.78. The zero-order chi connectivity index (χ0) is 15.4. The van der Waals surface area contributed by atoms with Crippen LogP contribution in [-0.2, 0) is 6.42 Å². The number of hydrogen-bond acceptors (Lipinski definition) is 3. The Labute approximate surface area is 127 Å². The summed E-state index contributed by atoms with van der Waals surface area (Å²) in [7, 11) is 3.68. The van der Waals surface area contributed by atoms with Crippen molar-refractivity contribution >= 4 is 0 Å². The third-order valence-electron chi connectivity index (χ3n) is 3.82. The van der Waals surface area contributed by atoms with Gasteiger partial charge in [-0.05, 0) is 38.4 Å². The van der Waals surface area contributed by atoms with Gasteiger partial charge in [0.25, 0.3) is 0 Å². The monoisotopic (exact) mass is 287 g/mol. The van der Waals surface area contributed by atoms with Crippen LogP contribution in [0.5, 0.6) is 5.75 Å². The first kappa shape index (κ1) is 15.6. The van der Waals surface area contributed by atoms with E-state index in [1.807, 2.05) is 11.7 Å². The van der Waals surface area contributed by atoms with Crippen molar-refractivity contribution in [2.45, 2.75) is 39.3 Å². The molecule has 0 aliphatic rings. The van der Waals surface area contributed by atoms with Crippen LogP contribution in [0, 0.1) is 0 Å². The van der Waals surface area contributed by atoms with Crippen LogP contribution in [0.4, 0.5) is 0 Å². The van der Waals surface area contributed by atoms with Gasteiger partial charge in [0.2, 0.25) is 0 Å². The molecule has 2 aromatic rings. The van der Waals surface area contributed by atoms with E-state index in [0.29, 0.717) is 0 Å². The van der Waals surface area contributed by atoms with Crippen LogP contribution < -0.4 is 10.1 Å². The highest BCUT2D eigenvalue weighted by molar-refractivity contribution is 5.40. The van der Waals surface area contributed by atoms with E-state index in [4.69, 9.17) is 4.74 Å². The van der Waals surface area contributed by atoms with Gasteiger partial charge in [0.15, 0.2) is 5.75 Å². The van der Waals surface area contributed by atoms with E-state index < -0.39 is 0 Å². The minimum atomic E-state index is 0.0704. The second-order valence-corrected chi connectivity index (χ2v) is 5.41. The Kier molecular flexibility index (Phi) is 5.02. The third kappa shape index (κ3) is 2.95. The van der Waals surface area contributed by atoms with Crippen molar-refractivity contribution in [2.24, 2.45) is 0 Å². The lowest BCUT2D eigenvalue weighted by Crippen LogP contribution is -2.24. The normalized spacial score (nSPS) is 12.7. The Morgan fingerprint density at radius 1 is 1.29 bits per heavy atom. The molecule has 1 N–H and O–H groups in total. The Hall–Kier alpha value is -1.81. The molecule has 4 heteroatoms. The quantitative estimate of drug-likeness (QED) is 0.885. The van der Waals surface area contributed by atoms with Gasteiger partial charge in [0.1, 0.15) is 5.69 Å². The molecular weight excluding hydrogens is 262 g/mol. The maximum absolute atomic E-state index is 5.53. The Morgan fingerprint density at radius 3 is 2.57 bits per heavy atom. The molecule has 0 saturated carbocycles. The van der Waals surface area contributed by atoms with Gasteiger partial charge in [-0.2, -0.15) is 5.10 Å². The highest BCUT2D eigenvalue weighted by atomic mass is 16.5. The molecule has 1 aromatic carbocycles. The van der Waals surface area contributed by atoms with Gasteiger partial charge in [-0.1, -0.05) is 31.2 Å². The third-order valence-corrected chi connectivity index (χ3v) is 3.82. The first-order valence-corrected chi connectivity index (χ1v) is 7.50. The molecule has 1 aromatic heterocycles. The summed E-state index contributed by atoms with van der Waals surface area (Å²) >= 11 is 0. The number of rotatable bonds is 6. The molecule has 2 rings (SSSR count). The first-order chi connectivity index (χ1) is 10.1. The summed E-state index contributed by atoms with van der Waals surface area (Å²) in [4.78, 5) is 0. The van der Waals surface area contributed by atoms with E-state index in [9.17, 15) is 0 Å². The second kappa shape index (κ2) is 6.76. The van der Waals surface area contributed by atoms with Crippen LogP contribution in [0.1, 0.15) is 49.7 Å². The Morgan fingerprint density at radius 2 is 2.00 bits per heavy atom. The average molecular weight is 287 g/mol. The van der Waals surface area contributed by atoms with Crippen molar-refractivity contribution in [3.8, 4) is 5.75 Å². The molecule has 114 valence electrons. The van der Waals surface area contributed by atoms with Gasteiger partial charge in [-0.3, -0.25) is 4.68 Å². The fourth-order valence-electron chi connectivity index (χ4n) is 2.78. The number of benzene rings is 1. The number of methoxy groups -OCH3 is 1. The van der Waals surface area contributed by atoms with Crippen LogP contribution in [-0.4, -0.2) is 23.9 Å². The van der Waals surface area contributed by atoms with E-state index in [-0.39, 0.29) is 12.1 Å². The van der Waals surface area contributed by atoms with Gasteiger partial charge in [-0.25, -0.2) is 0 Å². The highest BCUT2D eigenvalue weighted by Gasteiger charge is 2.24. The average Bonchev–Trinajstić information content (AvgIpc) is 2.92. The van der Waals surface area contributed by atoms with Crippen molar-refractivity contribution in [1.82, 2.24) is 15.1 Å². The first-order valence-electron chi connectivity index (χ1n) is 7.50. The van der Waals surface area contributed by atoms with Crippen molar-refractivity contribution < 1.29 is 4.74 Å². The standard InChI is InChI=1S/C17H25N3O/c1-6-13-9-7-8-10-14(13)16(18-4)17-15(21-5)11-19-20(17)12(2)3/h7-12,16,18H,6H2,1-5H3. The largest absolute Gasteiger partial charge is 0.493 e. The minimum Gasteiger partial charge on any atom is -0.493 e. The summed E-state index contributed by atoms with van der Waals surface area (Å²) in [6.07, 6.45) is 2.81. The molecule has 1 atom stereocenters. The molecule has 0 aliphatic heterocycles. The van der Waals surface area contributed by atoms with Crippen molar-refractivity contribution in [1.29, 1.82) is 0 Å². The van der Waals surface area contributed by atoms with Crippen LogP contribution >= 0.6 is 0 Å². The van der Waals surface area contributed by atoms with E-state index in [1.54, 1.807) is 13.3 Å². The zero-order valence-corrected chi connectivity index (χ0v) is 13.6. The van der Waals surface area contributed by atoms with E-state index in [1.165, 1.54) is 11.1 Å². The predicted octanol–water partition coefficient (Wildman–Crippen LogP) is 3.34. The van der Waals surface area contributed by atoms with Gasteiger partial charge in [0, 0.05) is 6.04 Å². The lowest BCUT2D eigenvalue weighted by molar-refractivity contribution is 0.396. The lowest BCUT2D eigenvalue weighted by atomic mass is 9.96. The number of aryl methyl sites for hydroxylation is 1. The van der Waals surface area contributed by atoms with Crippen LogP contribution in [0.2, 0.25) is 0 Å². The number of nitrogens with one attached hydrogen (secondary N) is 1. The molecule has 0 fully saturated rings. The molecule has 1 unspecified atom stereocenters. The number of aromatic nitrogens is 2. The number of hydrogen-bond donors (Lipinski definition) is 1. The van der Waals surface area contributed by atoms with E-state index in [2.05, 4.69) is 55.5 Å². The summed E-state index contributed by atoms with van der Waals surface area (Å²) in [5.41, 5.74) is 3.70. The van der Waals surface area contributed by atoms with Crippen molar-refractivity contribution in [2.75, 3.05) is 14.2 Å². The molecule has 0 spiro atoms. The summed E-state index contributed by atoms with van der Waals surface area (Å²) < 4.78 is 7.56. The smallest absolute Gasteiger partial charge is 0.161 e. The number of nitrogens with zero attached hydrogens (tertiary/aromatic N) is 2. The van der Waals surface area contributed by atoms with Gasteiger partial charge in [0.05, 0.1) is 19.3 Å². The van der Waals surface area contributed by atoms with Gasteiger partial charge < -0.3 is 10.1 Å². The Balaban J connectivity index is 2.58. The van der Waals surface area contributed by atoms with Crippen molar-refractivity contribution in [3.63, 3.8) is 0 Å². The minimum absolute atomic E-state index is 0.0704. The lowest BCUT2D eigenvalue weighted by Gasteiger charge is -2.23. The SMILES string of the molecule is CCc1ccccc1C(NC)c1c(OC)cnn1C(C)C. The van der Waals surface area contributed by atoms with Crippen molar-refractivity contribution in [3.05, 3.63) is 47.3 Å². The molecule has 4 nitrogen and oxygen atoms in total. The molecule has 1 heterocycles. The molecule has 21 heavy (non-hydrogen) atoms. The van der Waals surface area contributed by atoms with Crippen LogP contribution in [0.25, 0.3) is 0 Å². The summed E-state index contributed by atoms with van der Waals surface area (Å²) in [6, 6.07) is 8.89. The highest BCUT2D eigenvalue weighted by Crippen LogP contribution is 2.33. The molecule has 0 bridgehead atoms. The van der Waals surface area contributed by atoms with Crippen LogP contribution in [0.15, 0.2) is 30.5 Å². The summed E-state index contributed by atoms with van der Waals surface area (Å²) in [5, 5.41) is 7.91. The molecule has 0 amide bonds. The Bertz CT molecular complexity index is 589. The van der Waals surface area contributed by atoms with E-state index >= 15 is 0 Å². The maximum Gasteiger partial charge on any atom is 0.161 e. The predicted molar refractivity (Wildman–Crippen MR) is 85.9 cm³/mol. The number of ether oxygens (including phenoxy) is 1. The topological polar surface area (TPSA) is 39.1 Å². The second-order valence-electron chi connectivity index (χ2n) is 5.41. The van der Waals surface area contributed by atoms with Gasteiger partial charge >= 0.3 is 0 Å². The zero-order valence-electron chi connectivity index (χ0n) is 13.6. The molecule has 0 aliphatic carbocycles. The summed E-state index contributed by atoms with van der Waals surface area (Å²) in [6.45, 7) is 6.45. The molecule has 0 saturated heterocycles. The maximum atomic E-state index is 5.53. The van der Waals surface area contributed by atoms with E-state index in [0.717, 1.165) is 17.9 Å². The fraction of sp³-hybridized carbons (Fsp3) is 0.471. The van der Waals surface area contributed by atoms with Gasteiger partial charge in [-0.15, -0.1) is 0 Å². The molecule has 0 radical (unpaired) electrons. The molecular formula is C17H25N3O.